The van der Waals surface area contributed by atoms with Crippen molar-refractivity contribution >= 4 is 35.1 Å². The van der Waals surface area contributed by atoms with Crippen molar-refractivity contribution in [3.8, 4) is 0 Å². The third kappa shape index (κ3) is 4.60. The molecule has 1 saturated heterocycles. The average molecular weight is 322 g/mol. The van der Waals surface area contributed by atoms with Crippen LogP contribution in [0.2, 0.25) is 0 Å². The molecule has 0 aliphatic carbocycles. The van der Waals surface area contributed by atoms with Gasteiger partial charge in [-0.1, -0.05) is 12.1 Å². The van der Waals surface area contributed by atoms with E-state index in [1.165, 1.54) is 18.2 Å². The first-order valence-electron chi connectivity index (χ1n) is 5.92. The van der Waals surface area contributed by atoms with Gasteiger partial charge in [-0.2, -0.15) is 24.9 Å². The summed E-state index contributed by atoms with van der Waals surface area (Å²) in [7, 11) is 0. The van der Waals surface area contributed by atoms with Crippen LogP contribution in [-0.4, -0.2) is 35.5 Å². The Morgan fingerprint density at radius 2 is 2.15 bits per heavy atom. The molecule has 0 bridgehead atoms. The summed E-state index contributed by atoms with van der Waals surface area (Å²) < 4.78 is 37.3. The predicted octanol–water partition coefficient (Wildman–Crippen LogP) is 2.94. The molecule has 3 nitrogen and oxygen atoms in total. The molecule has 1 aromatic rings. The van der Waals surface area contributed by atoms with E-state index in [4.69, 9.17) is 0 Å². The molecule has 1 aliphatic rings. The van der Waals surface area contributed by atoms with Crippen molar-refractivity contribution in [1.82, 2.24) is 5.32 Å². The van der Waals surface area contributed by atoms with E-state index in [1.54, 1.807) is 17.8 Å². The minimum absolute atomic E-state index is 0.00295. The zero-order valence-electron chi connectivity index (χ0n) is 10.4. The number of hydrogen-bond acceptors (Lipinski definition) is 4. The fourth-order valence-corrected chi connectivity index (χ4v) is 3.30. The van der Waals surface area contributed by atoms with Crippen LogP contribution in [0.3, 0.4) is 0 Å². The largest absolute Gasteiger partial charge is 0.446 e. The summed E-state index contributed by atoms with van der Waals surface area (Å²) in [6.45, 7) is 0.724. The highest BCUT2D eigenvalue weighted by Crippen LogP contribution is 2.40. The number of carbonyl (C=O) groups excluding carboxylic acids is 1. The first kappa shape index (κ1) is 15.5. The number of carbonyl (C=O) groups is 1. The fourth-order valence-electron chi connectivity index (χ4n) is 1.74. The number of halogens is 3. The van der Waals surface area contributed by atoms with Crippen molar-refractivity contribution < 1.29 is 18.0 Å². The summed E-state index contributed by atoms with van der Waals surface area (Å²) in [5, 5.41) is 5.61. The predicted molar refractivity (Wildman–Crippen MR) is 76.1 cm³/mol. The standard InChI is InChI=1S/C12H13F3N2OS2/c13-12(14,15)20-10-4-2-1-3-8(10)17-11(18)9-7-19-6-5-16-9/h1-4,9,16H,5-7H2,(H,17,18). The zero-order valence-corrected chi connectivity index (χ0v) is 12.0. The van der Waals surface area contributed by atoms with Gasteiger partial charge >= 0.3 is 5.51 Å². The van der Waals surface area contributed by atoms with Crippen LogP contribution in [0.1, 0.15) is 0 Å². The van der Waals surface area contributed by atoms with Crippen LogP contribution in [0, 0.1) is 0 Å². The number of para-hydroxylation sites is 1. The summed E-state index contributed by atoms with van der Waals surface area (Å²) in [6, 6.07) is 5.56. The van der Waals surface area contributed by atoms with E-state index >= 15 is 0 Å². The van der Waals surface area contributed by atoms with Gasteiger partial charge < -0.3 is 10.6 Å². The molecule has 0 aromatic heterocycles. The van der Waals surface area contributed by atoms with Crippen molar-refractivity contribution in [2.45, 2.75) is 16.4 Å². The second kappa shape index (κ2) is 6.73. The van der Waals surface area contributed by atoms with E-state index in [9.17, 15) is 18.0 Å². The van der Waals surface area contributed by atoms with Gasteiger partial charge in [-0.25, -0.2) is 0 Å². The maximum absolute atomic E-state index is 12.4. The normalized spacial score (nSPS) is 19.6. The summed E-state index contributed by atoms with van der Waals surface area (Å²) in [5.74, 6) is 1.26. The smallest absolute Gasteiger partial charge is 0.324 e. The molecule has 1 amide bonds. The number of thioether (sulfide) groups is 2. The van der Waals surface area contributed by atoms with Crippen LogP contribution in [0.15, 0.2) is 29.2 Å². The van der Waals surface area contributed by atoms with Gasteiger partial charge in [0.25, 0.3) is 0 Å². The Morgan fingerprint density at radius 1 is 1.40 bits per heavy atom. The Kier molecular flexibility index (Phi) is 5.22. The quantitative estimate of drug-likeness (QED) is 0.840. The third-order valence-electron chi connectivity index (χ3n) is 2.61. The van der Waals surface area contributed by atoms with Crippen molar-refractivity contribution in [3.05, 3.63) is 24.3 Å². The Labute approximate surface area is 123 Å². The summed E-state index contributed by atoms with van der Waals surface area (Å²) in [4.78, 5) is 12.0. The van der Waals surface area contributed by atoms with Gasteiger partial charge in [0.1, 0.15) is 0 Å². The molecule has 20 heavy (non-hydrogen) atoms. The van der Waals surface area contributed by atoms with Gasteiger partial charge in [0.2, 0.25) is 5.91 Å². The molecule has 1 aliphatic heterocycles. The van der Waals surface area contributed by atoms with Gasteiger partial charge in [0.05, 0.1) is 11.7 Å². The zero-order chi connectivity index (χ0) is 14.6. The summed E-state index contributed by atoms with van der Waals surface area (Å²) in [6.07, 6.45) is 0. The number of amides is 1. The maximum atomic E-state index is 12.4. The highest BCUT2D eigenvalue weighted by Gasteiger charge is 2.31. The molecule has 2 N–H and O–H groups in total. The SMILES string of the molecule is O=C(Nc1ccccc1SC(F)(F)F)C1CSCCN1. The molecule has 1 atom stereocenters. The van der Waals surface area contributed by atoms with E-state index in [-0.39, 0.29) is 34.3 Å². The minimum atomic E-state index is -4.38. The van der Waals surface area contributed by atoms with Gasteiger partial charge in [-0.15, -0.1) is 0 Å². The van der Waals surface area contributed by atoms with Crippen molar-refractivity contribution in [2.75, 3.05) is 23.4 Å². The fraction of sp³-hybridized carbons (Fsp3) is 0.417. The lowest BCUT2D eigenvalue weighted by Crippen LogP contribution is -2.46. The lowest BCUT2D eigenvalue weighted by atomic mass is 10.2. The van der Waals surface area contributed by atoms with Crippen molar-refractivity contribution in [2.24, 2.45) is 0 Å². The van der Waals surface area contributed by atoms with Gasteiger partial charge in [-0.3, -0.25) is 4.79 Å². The third-order valence-corrected chi connectivity index (χ3v) is 4.48. The van der Waals surface area contributed by atoms with Crippen LogP contribution in [-0.2, 0) is 4.79 Å². The maximum Gasteiger partial charge on any atom is 0.446 e. The Balaban J connectivity index is 2.06. The summed E-state index contributed by atoms with van der Waals surface area (Å²) >= 11 is 1.42. The van der Waals surface area contributed by atoms with E-state index in [2.05, 4.69) is 10.6 Å². The van der Waals surface area contributed by atoms with E-state index in [0.717, 1.165) is 12.3 Å². The number of benzene rings is 1. The van der Waals surface area contributed by atoms with Crippen LogP contribution in [0.25, 0.3) is 0 Å². The molecule has 1 aromatic carbocycles. The molecule has 110 valence electrons. The molecule has 1 heterocycles. The number of nitrogens with one attached hydrogen (secondary N) is 2. The number of anilines is 1. The monoisotopic (exact) mass is 322 g/mol. The molecule has 8 heteroatoms. The van der Waals surface area contributed by atoms with Gasteiger partial charge in [-0.05, 0) is 23.9 Å². The molecule has 0 spiro atoms. The molecule has 0 saturated carbocycles. The topological polar surface area (TPSA) is 41.1 Å². The molecule has 1 fully saturated rings. The highest BCUT2D eigenvalue weighted by molar-refractivity contribution is 8.00. The number of alkyl halides is 3. The average Bonchev–Trinajstić information content (AvgIpc) is 2.40. The first-order valence-corrected chi connectivity index (χ1v) is 7.89. The van der Waals surface area contributed by atoms with Crippen molar-refractivity contribution in [3.63, 3.8) is 0 Å². The van der Waals surface area contributed by atoms with Crippen LogP contribution in [0.4, 0.5) is 18.9 Å². The number of rotatable bonds is 3. The molecule has 2 rings (SSSR count). The molecular weight excluding hydrogens is 309 g/mol. The molecule has 1 unspecified atom stereocenters. The van der Waals surface area contributed by atoms with Gasteiger partial charge in [0.15, 0.2) is 0 Å². The van der Waals surface area contributed by atoms with Crippen LogP contribution in [0.5, 0.6) is 0 Å². The Hall–Kier alpha value is -0.860. The molecular formula is C12H13F3N2OS2. The first-order chi connectivity index (χ1) is 9.46. The Morgan fingerprint density at radius 3 is 2.80 bits per heavy atom. The Bertz CT molecular complexity index is 476. The van der Waals surface area contributed by atoms with E-state index in [1.807, 2.05) is 0 Å². The summed E-state index contributed by atoms with van der Waals surface area (Å²) in [5.41, 5.74) is -4.18. The minimum Gasteiger partial charge on any atom is -0.324 e. The highest BCUT2D eigenvalue weighted by atomic mass is 32.2. The lowest BCUT2D eigenvalue weighted by Gasteiger charge is -2.22. The van der Waals surface area contributed by atoms with E-state index in [0.29, 0.717) is 5.75 Å². The van der Waals surface area contributed by atoms with Crippen LogP contribution >= 0.6 is 23.5 Å². The number of hydrogen-bond donors (Lipinski definition) is 2. The van der Waals surface area contributed by atoms with Crippen molar-refractivity contribution in [1.29, 1.82) is 0 Å². The second-order valence-electron chi connectivity index (χ2n) is 4.11. The second-order valence-corrected chi connectivity index (χ2v) is 6.37. The van der Waals surface area contributed by atoms with E-state index < -0.39 is 5.51 Å². The van der Waals surface area contributed by atoms with Crippen LogP contribution < -0.4 is 10.6 Å². The molecule has 0 radical (unpaired) electrons. The lowest BCUT2D eigenvalue weighted by molar-refractivity contribution is -0.117. The van der Waals surface area contributed by atoms with Gasteiger partial charge in [0, 0.05) is 22.9 Å².